The van der Waals surface area contributed by atoms with E-state index in [0.29, 0.717) is 23.9 Å². The first-order valence-corrected chi connectivity index (χ1v) is 7.75. The van der Waals surface area contributed by atoms with Gasteiger partial charge in [0.2, 0.25) is 0 Å². The Balaban J connectivity index is 1.85. The van der Waals surface area contributed by atoms with Crippen LogP contribution < -0.4 is 15.4 Å². The van der Waals surface area contributed by atoms with Gasteiger partial charge in [-0.2, -0.15) is 0 Å². The van der Waals surface area contributed by atoms with Crippen LogP contribution in [0.1, 0.15) is 18.9 Å². The molecule has 0 saturated heterocycles. The van der Waals surface area contributed by atoms with E-state index in [0.717, 1.165) is 12.0 Å². The van der Waals surface area contributed by atoms with Crippen molar-refractivity contribution < 1.29 is 14.6 Å². The second-order valence-corrected chi connectivity index (χ2v) is 5.62. The number of urea groups is 1. The fourth-order valence-electron chi connectivity index (χ4n) is 2.38. The molecule has 0 unspecified atom stereocenters. The van der Waals surface area contributed by atoms with Crippen LogP contribution in [0.25, 0.3) is 0 Å². The van der Waals surface area contributed by atoms with Crippen LogP contribution in [0.4, 0.5) is 4.79 Å². The zero-order valence-electron chi connectivity index (χ0n) is 12.5. The number of halogens is 1. The van der Waals surface area contributed by atoms with E-state index in [1.54, 1.807) is 12.1 Å². The predicted octanol–water partition coefficient (Wildman–Crippen LogP) is 2.47. The average Bonchev–Trinajstić information content (AvgIpc) is 2.94. The third kappa shape index (κ3) is 4.64. The van der Waals surface area contributed by atoms with Crippen LogP contribution in [0.5, 0.6) is 5.75 Å². The Kier molecular flexibility index (Phi) is 6.10. The summed E-state index contributed by atoms with van der Waals surface area (Å²) in [5, 5.41) is 15.3. The molecular formula is C16H21ClN2O3. The van der Waals surface area contributed by atoms with Crippen molar-refractivity contribution in [2.45, 2.75) is 25.9 Å². The van der Waals surface area contributed by atoms with E-state index in [9.17, 15) is 4.79 Å². The minimum atomic E-state index is -0.245. The molecule has 0 spiro atoms. The molecule has 0 heterocycles. The zero-order valence-corrected chi connectivity index (χ0v) is 13.3. The summed E-state index contributed by atoms with van der Waals surface area (Å²) in [7, 11) is 0. The summed E-state index contributed by atoms with van der Waals surface area (Å²) in [6, 6.07) is 5.07. The Hall–Kier alpha value is -1.72. The highest BCUT2D eigenvalue weighted by atomic mass is 35.5. The number of rotatable bonds is 6. The number of aliphatic hydroxyl groups excluding tert-OH is 1. The van der Waals surface area contributed by atoms with E-state index in [1.807, 2.05) is 25.1 Å². The molecule has 2 amide bonds. The first-order chi connectivity index (χ1) is 10.6. The third-order valence-corrected chi connectivity index (χ3v) is 3.73. The standard InChI is InChI=1S/C16H21ClN2O3/c1-2-22-15-8-13(17)5-4-12(15)9-18-16(21)19-14-6-3-11(7-14)10-20/h3-6,8,11,14,20H,2,7,9-10H2,1H3,(H2,18,19,21)/t11-,14+/m0/s1. The van der Waals surface area contributed by atoms with Crippen molar-refractivity contribution >= 4 is 17.6 Å². The van der Waals surface area contributed by atoms with E-state index in [2.05, 4.69) is 10.6 Å². The molecule has 1 aromatic rings. The first-order valence-electron chi connectivity index (χ1n) is 7.37. The highest BCUT2D eigenvalue weighted by Crippen LogP contribution is 2.23. The van der Waals surface area contributed by atoms with Gasteiger partial charge in [-0.3, -0.25) is 0 Å². The van der Waals surface area contributed by atoms with Crippen LogP contribution in [-0.2, 0) is 6.54 Å². The highest BCUT2D eigenvalue weighted by molar-refractivity contribution is 6.30. The van der Waals surface area contributed by atoms with Gasteiger partial charge in [0, 0.05) is 35.7 Å². The number of ether oxygens (including phenoxy) is 1. The Bertz CT molecular complexity index is 548. The predicted molar refractivity (Wildman–Crippen MR) is 86.1 cm³/mol. The number of amides is 2. The monoisotopic (exact) mass is 324 g/mol. The van der Waals surface area contributed by atoms with Gasteiger partial charge in [0.15, 0.2) is 0 Å². The lowest BCUT2D eigenvalue weighted by Crippen LogP contribution is -2.40. The first kappa shape index (κ1) is 16.6. The van der Waals surface area contributed by atoms with Crippen molar-refractivity contribution in [3.05, 3.63) is 40.9 Å². The van der Waals surface area contributed by atoms with Crippen molar-refractivity contribution in [3.8, 4) is 5.75 Å². The fourth-order valence-corrected chi connectivity index (χ4v) is 2.54. The van der Waals surface area contributed by atoms with Gasteiger partial charge in [-0.05, 0) is 25.5 Å². The Morgan fingerprint density at radius 1 is 1.45 bits per heavy atom. The maximum absolute atomic E-state index is 11.9. The van der Waals surface area contributed by atoms with Gasteiger partial charge in [-0.1, -0.05) is 29.8 Å². The molecule has 0 aliphatic heterocycles. The largest absolute Gasteiger partial charge is 0.493 e. The summed E-state index contributed by atoms with van der Waals surface area (Å²) in [5.74, 6) is 0.808. The van der Waals surface area contributed by atoms with Gasteiger partial charge in [0.05, 0.1) is 6.61 Å². The summed E-state index contributed by atoms with van der Waals surface area (Å²) in [6.07, 6.45) is 4.57. The summed E-state index contributed by atoms with van der Waals surface area (Å²) in [4.78, 5) is 11.9. The zero-order chi connectivity index (χ0) is 15.9. The average molecular weight is 325 g/mol. The summed E-state index contributed by atoms with van der Waals surface area (Å²) < 4.78 is 5.52. The molecule has 2 atom stereocenters. The van der Waals surface area contributed by atoms with E-state index in [1.165, 1.54) is 0 Å². The van der Waals surface area contributed by atoms with Crippen molar-refractivity contribution in [1.82, 2.24) is 10.6 Å². The molecule has 0 fully saturated rings. The number of aliphatic hydroxyl groups is 1. The van der Waals surface area contributed by atoms with Crippen molar-refractivity contribution in [1.29, 1.82) is 0 Å². The van der Waals surface area contributed by atoms with E-state index in [4.69, 9.17) is 21.4 Å². The number of carbonyl (C=O) groups excluding carboxylic acids is 1. The second kappa shape index (κ2) is 8.06. The molecule has 6 heteroatoms. The van der Waals surface area contributed by atoms with E-state index < -0.39 is 0 Å². The van der Waals surface area contributed by atoms with Gasteiger partial charge in [0.1, 0.15) is 5.75 Å². The smallest absolute Gasteiger partial charge is 0.315 e. The number of hydrogen-bond donors (Lipinski definition) is 3. The Morgan fingerprint density at radius 3 is 2.95 bits per heavy atom. The molecule has 22 heavy (non-hydrogen) atoms. The molecule has 5 nitrogen and oxygen atoms in total. The van der Waals surface area contributed by atoms with E-state index in [-0.39, 0.29) is 24.6 Å². The molecule has 0 aromatic heterocycles. The van der Waals surface area contributed by atoms with Crippen LogP contribution in [0.3, 0.4) is 0 Å². The quantitative estimate of drug-likeness (QED) is 0.704. The highest BCUT2D eigenvalue weighted by Gasteiger charge is 2.19. The SMILES string of the molecule is CCOc1cc(Cl)ccc1CNC(=O)N[C@@H]1C=C[C@H](CO)C1. The Morgan fingerprint density at radius 2 is 2.27 bits per heavy atom. The topological polar surface area (TPSA) is 70.6 Å². The van der Waals surface area contributed by atoms with Gasteiger partial charge in [-0.25, -0.2) is 4.79 Å². The summed E-state index contributed by atoms with van der Waals surface area (Å²) >= 11 is 5.95. The van der Waals surface area contributed by atoms with Crippen LogP contribution in [0, 0.1) is 5.92 Å². The lowest BCUT2D eigenvalue weighted by Gasteiger charge is -2.15. The minimum absolute atomic E-state index is 0.0336. The molecular weight excluding hydrogens is 304 g/mol. The number of benzene rings is 1. The van der Waals surface area contributed by atoms with Crippen molar-refractivity contribution in [2.24, 2.45) is 5.92 Å². The summed E-state index contributed by atoms with van der Waals surface area (Å²) in [5.41, 5.74) is 0.872. The fraction of sp³-hybridized carbons (Fsp3) is 0.438. The molecule has 2 rings (SSSR count). The molecule has 1 aliphatic rings. The second-order valence-electron chi connectivity index (χ2n) is 5.18. The molecule has 0 saturated carbocycles. The molecule has 0 radical (unpaired) electrons. The van der Waals surface area contributed by atoms with Crippen LogP contribution in [0.15, 0.2) is 30.4 Å². The maximum atomic E-state index is 11.9. The third-order valence-electron chi connectivity index (χ3n) is 3.49. The van der Waals surface area contributed by atoms with Gasteiger partial charge in [-0.15, -0.1) is 0 Å². The lowest BCUT2D eigenvalue weighted by atomic mass is 10.1. The molecule has 1 aliphatic carbocycles. The summed E-state index contributed by atoms with van der Waals surface area (Å²) in [6.45, 7) is 2.90. The Labute approximate surface area is 135 Å². The van der Waals surface area contributed by atoms with Crippen molar-refractivity contribution in [2.75, 3.05) is 13.2 Å². The maximum Gasteiger partial charge on any atom is 0.315 e. The molecule has 1 aromatic carbocycles. The molecule has 120 valence electrons. The minimum Gasteiger partial charge on any atom is -0.493 e. The van der Waals surface area contributed by atoms with Crippen LogP contribution in [0.2, 0.25) is 5.02 Å². The number of carbonyl (C=O) groups is 1. The number of nitrogens with one attached hydrogen (secondary N) is 2. The normalized spacial score (nSPS) is 20.0. The van der Waals surface area contributed by atoms with Gasteiger partial charge in [0.25, 0.3) is 0 Å². The molecule has 0 bridgehead atoms. The number of hydrogen-bond acceptors (Lipinski definition) is 3. The van der Waals surface area contributed by atoms with Crippen molar-refractivity contribution in [3.63, 3.8) is 0 Å². The van der Waals surface area contributed by atoms with Crippen LogP contribution in [-0.4, -0.2) is 30.4 Å². The molecule has 3 N–H and O–H groups in total. The van der Waals surface area contributed by atoms with Gasteiger partial charge < -0.3 is 20.5 Å². The van der Waals surface area contributed by atoms with E-state index >= 15 is 0 Å². The van der Waals surface area contributed by atoms with Crippen LogP contribution >= 0.6 is 11.6 Å². The van der Waals surface area contributed by atoms with Gasteiger partial charge >= 0.3 is 6.03 Å². The lowest BCUT2D eigenvalue weighted by molar-refractivity contribution is 0.231.